The van der Waals surface area contributed by atoms with Crippen molar-refractivity contribution in [1.29, 1.82) is 0 Å². The number of aromatic nitrogens is 3. The summed E-state index contributed by atoms with van der Waals surface area (Å²) in [5.41, 5.74) is 0. The molecular weight excluding hydrogens is 258 g/mol. The Morgan fingerprint density at radius 2 is 1.85 bits per heavy atom. The highest BCUT2D eigenvalue weighted by Gasteiger charge is 2.44. The second kappa shape index (κ2) is 5.40. The Labute approximate surface area is 118 Å². The van der Waals surface area contributed by atoms with E-state index in [0.29, 0.717) is 35.8 Å². The number of ether oxygens (including phenoxy) is 2. The van der Waals surface area contributed by atoms with Crippen molar-refractivity contribution in [2.75, 3.05) is 38.8 Å². The third kappa shape index (κ3) is 2.15. The third-order valence-electron chi connectivity index (χ3n) is 4.34. The number of nitrogens with one attached hydrogen (secondary N) is 1. The molecular formula is C13H21N5O2. The Kier molecular flexibility index (Phi) is 3.60. The van der Waals surface area contributed by atoms with Crippen molar-refractivity contribution >= 4 is 5.95 Å². The summed E-state index contributed by atoms with van der Waals surface area (Å²) in [4.78, 5) is 15.1. The first-order valence-corrected chi connectivity index (χ1v) is 7.08. The van der Waals surface area contributed by atoms with Gasteiger partial charge in [-0.05, 0) is 18.3 Å². The van der Waals surface area contributed by atoms with Crippen LogP contribution in [0.5, 0.6) is 12.0 Å². The summed E-state index contributed by atoms with van der Waals surface area (Å²) in [6.07, 6.45) is 1.08. The first-order valence-electron chi connectivity index (χ1n) is 7.08. The first-order chi connectivity index (χ1) is 9.76. The monoisotopic (exact) mass is 279 g/mol. The van der Waals surface area contributed by atoms with Crippen molar-refractivity contribution in [3.8, 4) is 12.0 Å². The maximum Gasteiger partial charge on any atom is 0.324 e. The van der Waals surface area contributed by atoms with E-state index in [-0.39, 0.29) is 0 Å². The molecule has 7 nitrogen and oxygen atoms in total. The van der Waals surface area contributed by atoms with Crippen LogP contribution in [0.1, 0.15) is 13.3 Å². The van der Waals surface area contributed by atoms with Crippen LogP contribution < -0.4 is 19.7 Å². The van der Waals surface area contributed by atoms with Crippen LogP contribution in [0.2, 0.25) is 0 Å². The molecule has 2 aliphatic heterocycles. The summed E-state index contributed by atoms with van der Waals surface area (Å²) >= 11 is 0. The van der Waals surface area contributed by atoms with Gasteiger partial charge in [-0.25, -0.2) is 0 Å². The van der Waals surface area contributed by atoms with Crippen molar-refractivity contribution in [3.05, 3.63) is 0 Å². The second-order valence-electron chi connectivity index (χ2n) is 5.32. The molecule has 7 heteroatoms. The fourth-order valence-corrected chi connectivity index (χ4v) is 3.41. The minimum Gasteiger partial charge on any atom is -0.467 e. The van der Waals surface area contributed by atoms with Crippen LogP contribution >= 0.6 is 0 Å². The number of fused-ring (bicyclic) bond motifs is 1. The van der Waals surface area contributed by atoms with Gasteiger partial charge in [0.2, 0.25) is 5.95 Å². The third-order valence-corrected chi connectivity index (χ3v) is 4.34. The van der Waals surface area contributed by atoms with Crippen LogP contribution in [0, 0.1) is 11.8 Å². The van der Waals surface area contributed by atoms with Crippen molar-refractivity contribution in [2.24, 2.45) is 11.8 Å². The van der Waals surface area contributed by atoms with Gasteiger partial charge in [0.15, 0.2) is 0 Å². The molecule has 3 atom stereocenters. The summed E-state index contributed by atoms with van der Waals surface area (Å²) in [6.45, 7) is 5.36. The van der Waals surface area contributed by atoms with Gasteiger partial charge in [-0.15, -0.1) is 4.98 Å². The lowest BCUT2D eigenvalue weighted by atomic mass is 9.93. The topological polar surface area (TPSA) is 72.4 Å². The lowest BCUT2D eigenvalue weighted by molar-refractivity contribution is 0.339. The quantitative estimate of drug-likeness (QED) is 0.851. The summed E-state index contributed by atoms with van der Waals surface area (Å²) in [5, 5.41) is 3.48. The summed E-state index contributed by atoms with van der Waals surface area (Å²) in [7, 11) is 3.11. The molecule has 2 saturated heterocycles. The van der Waals surface area contributed by atoms with Crippen LogP contribution in [-0.4, -0.2) is 54.8 Å². The minimum atomic E-state index is 0.303. The van der Waals surface area contributed by atoms with Gasteiger partial charge in [-0.1, -0.05) is 6.92 Å². The van der Waals surface area contributed by atoms with Crippen molar-refractivity contribution < 1.29 is 9.47 Å². The van der Waals surface area contributed by atoms with Crippen molar-refractivity contribution in [1.82, 2.24) is 20.3 Å². The highest BCUT2D eigenvalue weighted by molar-refractivity contribution is 5.37. The van der Waals surface area contributed by atoms with E-state index < -0.39 is 0 Å². The largest absolute Gasteiger partial charge is 0.467 e. The number of nitrogens with zero attached hydrogens (tertiary/aromatic N) is 4. The van der Waals surface area contributed by atoms with Gasteiger partial charge in [0.25, 0.3) is 0 Å². The summed E-state index contributed by atoms with van der Waals surface area (Å²) < 4.78 is 10.3. The van der Waals surface area contributed by atoms with Gasteiger partial charge in [0.05, 0.1) is 14.2 Å². The lowest BCUT2D eigenvalue weighted by Crippen LogP contribution is -2.36. The number of methoxy groups -OCH3 is 2. The molecule has 0 radical (unpaired) electrons. The van der Waals surface area contributed by atoms with Crippen LogP contribution in [0.25, 0.3) is 0 Å². The van der Waals surface area contributed by atoms with Gasteiger partial charge < -0.3 is 19.7 Å². The first kappa shape index (κ1) is 13.4. The standard InChI is InChI=1S/C13H21N5O2/c1-4-10-9-6-14-5-8(9)7-18(10)11-15-12(19-2)17-13(16-11)20-3/h8-10,14H,4-7H2,1-3H3. The Morgan fingerprint density at radius 3 is 2.45 bits per heavy atom. The SMILES string of the molecule is CCC1C2CNCC2CN1c1nc(OC)nc(OC)n1. The number of rotatable bonds is 4. The molecule has 0 saturated carbocycles. The summed E-state index contributed by atoms with van der Waals surface area (Å²) in [5.74, 6) is 2.01. The van der Waals surface area contributed by atoms with Crippen LogP contribution in [0.4, 0.5) is 5.95 Å². The predicted molar refractivity (Wildman–Crippen MR) is 74.2 cm³/mol. The Balaban J connectivity index is 1.91. The van der Waals surface area contributed by atoms with Crippen molar-refractivity contribution in [2.45, 2.75) is 19.4 Å². The van der Waals surface area contributed by atoms with E-state index in [9.17, 15) is 0 Å². The molecule has 2 aliphatic rings. The maximum atomic E-state index is 5.14. The Hall–Kier alpha value is -1.63. The van der Waals surface area contributed by atoms with Gasteiger partial charge in [-0.2, -0.15) is 9.97 Å². The van der Waals surface area contributed by atoms with E-state index in [1.165, 1.54) is 0 Å². The average molecular weight is 279 g/mol. The van der Waals surface area contributed by atoms with Crippen LogP contribution in [0.3, 0.4) is 0 Å². The van der Waals surface area contributed by atoms with E-state index in [1.807, 2.05) is 0 Å². The fourth-order valence-electron chi connectivity index (χ4n) is 3.41. The number of hydrogen-bond acceptors (Lipinski definition) is 7. The van der Waals surface area contributed by atoms with E-state index in [0.717, 1.165) is 26.1 Å². The molecule has 1 aromatic rings. The molecule has 3 heterocycles. The zero-order valence-corrected chi connectivity index (χ0v) is 12.2. The van der Waals surface area contributed by atoms with E-state index in [2.05, 4.69) is 32.1 Å². The fraction of sp³-hybridized carbons (Fsp3) is 0.769. The molecule has 0 spiro atoms. The van der Waals surface area contributed by atoms with Gasteiger partial charge >= 0.3 is 12.0 Å². The number of anilines is 1. The van der Waals surface area contributed by atoms with E-state index in [1.54, 1.807) is 14.2 Å². The van der Waals surface area contributed by atoms with Gasteiger partial charge in [-0.3, -0.25) is 0 Å². The zero-order chi connectivity index (χ0) is 14.1. The normalized spacial score (nSPS) is 28.6. The lowest BCUT2D eigenvalue weighted by Gasteiger charge is -2.26. The molecule has 2 fully saturated rings. The molecule has 0 amide bonds. The maximum absolute atomic E-state index is 5.14. The number of hydrogen-bond donors (Lipinski definition) is 1. The molecule has 3 unspecified atom stereocenters. The van der Waals surface area contributed by atoms with Crippen LogP contribution in [-0.2, 0) is 0 Å². The van der Waals surface area contributed by atoms with Gasteiger partial charge in [0.1, 0.15) is 0 Å². The molecule has 0 aliphatic carbocycles. The van der Waals surface area contributed by atoms with E-state index in [4.69, 9.17) is 9.47 Å². The van der Waals surface area contributed by atoms with Crippen LogP contribution in [0.15, 0.2) is 0 Å². The molecule has 20 heavy (non-hydrogen) atoms. The van der Waals surface area contributed by atoms with Crippen molar-refractivity contribution in [3.63, 3.8) is 0 Å². The molecule has 0 aromatic carbocycles. The molecule has 1 aromatic heterocycles. The molecule has 0 bridgehead atoms. The summed E-state index contributed by atoms with van der Waals surface area (Å²) in [6, 6.07) is 1.07. The predicted octanol–water partition coefficient (Wildman–Crippen LogP) is 0.323. The highest BCUT2D eigenvalue weighted by atomic mass is 16.5. The average Bonchev–Trinajstić information content (AvgIpc) is 3.06. The zero-order valence-electron chi connectivity index (χ0n) is 12.2. The smallest absolute Gasteiger partial charge is 0.324 e. The van der Waals surface area contributed by atoms with E-state index >= 15 is 0 Å². The molecule has 3 rings (SSSR count). The second-order valence-corrected chi connectivity index (χ2v) is 5.32. The Morgan fingerprint density at radius 1 is 1.15 bits per heavy atom. The highest BCUT2D eigenvalue weighted by Crippen LogP contribution is 2.36. The molecule has 110 valence electrons. The Bertz CT molecular complexity index is 462. The van der Waals surface area contributed by atoms with Gasteiger partial charge in [0, 0.05) is 25.7 Å². The minimum absolute atomic E-state index is 0.303. The molecule has 1 N–H and O–H groups in total.